The first-order valence-corrected chi connectivity index (χ1v) is 3.31. The summed E-state index contributed by atoms with van der Waals surface area (Å²) in [4.78, 5) is 0. The van der Waals surface area contributed by atoms with Gasteiger partial charge >= 0.3 is 0 Å². The second-order valence-electron chi connectivity index (χ2n) is 2.49. The molecule has 1 N–H and O–H groups in total. The fourth-order valence-corrected chi connectivity index (χ4v) is 1.11. The summed E-state index contributed by atoms with van der Waals surface area (Å²) in [5.74, 6) is 0.491. The number of hydrogen-bond donors (Lipinski definition) is 1. The van der Waals surface area contributed by atoms with Crippen molar-refractivity contribution in [3.8, 4) is 0 Å². The van der Waals surface area contributed by atoms with Crippen LogP contribution in [0.15, 0.2) is 0 Å². The molecule has 2 heteroatoms. The van der Waals surface area contributed by atoms with E-state index in [9.17, 15) is 0 Å². The molecule has 0 aromatic rings. The fraction of sp³-hybridized carbons (Fsp3) is 0.857. The van der Waals surface area contributed by atoms with Crippen LogP contribution >= 0.6 is 0 Å². The quantitative estimate of drug-likeness (QED) is 0.586. The van der Waals surface area contributed by atoms with Gasteiger partial charge in [0.25, 0.3) is 0 Å². The highest BCUT2D eigenvalue weighted by molar-refractivity contribution is 4.74. The molecular weight excluding hydrogens is 116 g/mol. The van der Waals surface area contributed by atoms with E-state index in [1.165, 1.54) is 0 Å². The summed E-state index contributed by atoms with van der Waals surface area (Å²) >= 11 is 0. The van der Waals surface area contributed by atoms with Gasteiger partial charge in [-0.1, -0.05) is 0 Å². The van der Waals surface area contributed by atoms with Gasteiger partial charge in [0.2, 0.25) is 0 Å². The lowest BCUT2D eigenvalue weighted by atomic mass is 10.0. The van der Waals surface area contributed by atoms with Gasteiger partial charge in [0.05, 0.1) is 6.10 Å². The van der Waals surface area contributed by atoms with Crippen LogP contribution in [0.2, 0.25) is 0 Å². The number of rotatable bonds is 2. The van der Waals surface area contributed by atoms with Crippen LogP contribution in [0.3, 0.4) is 0 Å². The van der Waals surface area contributed by atoms with Crippen molar-refractivity contribution in [3.05, 3.63) is 6.92 Å². The summed E-state index contributed by atoms with van der Waals surface area (Å²) < 4.78 is 5.08. The Hall–Kier alpha value is -0.0800. The summed E-state index contributed by atoms with van der Waals surface area (Å²) in [6, 6.07) is 0. The molecule has 52 valence electrons. The predicted molar refractivity (Wildman–Crippen MR) is 33.8 cm³/mol. The van der Waals surface area contributed by atoms with E-state index in [0.717, 1.165) is 19.4 Å². The van der Waals surface area contributed by atoms with Gasteiger partial charge in [-0.15, -0.1) is 0 Å². The van der Waals surface area contributed by atoms with E-state index in [1.807, 2.05) is 0 Å². The maximum Gasteiger partial charge on any atom is 0.0614 e. The van der Waals surface area contributed by atoms with Gasteiger partial charge in [-0.05, 0) is 25.7 Å². The third-order valence-corrected chi connectivity index (χ3v) is 1.65. The minimum absolute atomic E-state index is 0.0819. The first-order valence-electron chi connectivity index (χ1n) is 3.31. The SMILES string of the molecule is [CH]C1C[C@@H](CCO)CO1. The molecule has 0 amide bonds. The molecule has 1 fully saturated rings. The zero-order chi connectivity index (χ0) is 6.69. The molecule has 0 aliphatic carbocycles. The van der Waals surface area contributed by atoms with E-state index in [-0.39, 0.29) is 12.7 Å². The highest BCUT2D eigenvalue weighted by Gasteiger charge is 2.20. The Morgan fingerprint density at radius 3 is 2.89 bits per heavy atom. The highest BCUT2D eigenvalue weighted by Crippen LogP contribution is 2.20. The number of aliphatic hydroxyl groups excluding tert-OH is 1. The summed E-state index contributed by atoms with van der Waals surface area (Å²) in [7, 11) is 0. The Kier molecular flexibility index (Phi) is 2.49. The number of hydrogen-bond acceptors (Lipinski definition) is 2. The highest BCUT2D eigenvalue weighted by atomic mass is 16.5. The lowest BCUT2D eigenvalue weighted by Crippen LogP contribution is -2.01. The Labute approximate surface area is 55.8 Å². The molecule has 0 aromatic carbocycles. The summed E-state index contributed by atoms with van der Waals surface area (Å²) in [6.07, 6.45) is 1.65. The molecule has 9 heavy (non-hydrogen) atoms. The van der Waals surface area contributed by atoms with E-state index in [0.29, 0.717) is 5.92 Å². The van der Waals surface area contributed by atoms with E-state index in [1.54, 1.807) is 0 Å². The van der Waals surface area contributed by atoms with Crippen LogP contribution < -0.4 is 0 Å². The van der Waals surface area contributed by atoms with Gasteiger partial charge in [0.1, 0.15) is 0 Å². The Morgan fingerprint density at radius 2 is 2.44 bits per heavy atom. The minimum atomic E-state index is -0.0819. The van der Waals surface area contributed by atoms with Gasteiger partial charge in [0.15, 0.2) is 0 Å². The second kappa shape index (κ2) is 3.18. The lowest BCUT2D eigenvalue weighted by Gasteiger charge is -2.01. The molecular formula is C7H12O2. The largest absolute Gasteiger partial charge is 0.396 e. The standard InChI is InChI=1S/C7H12O2/c1-6-4-7(2-3-8)5-9-6/h1,6-8H,2-5H2/t6?,7-/m1/s1. The lowest BCUT2D eigenvalue weighted by molar-refractivity contribution is 0.133. The van der Waals surface area contributed by atoms with E-state index in [2.05, 4.69) is 0 Å². The molecule has 0 spiro atoms. The minimum Gasteiger partial charge on any atom is -0.396 e. The van der Waals surface area contributed by atoms with Gasteiger partial charge in [0, 0.05) is 13.2 Å². The molecule has 0 bridgehead atoms. The van der Waals surface area contributed by atoms with E-state index in [4.69, 9.17) is 16.8 Å². The molecule has 0 saturated carbocycles. The average molecular weight is 128 g/mol. The van der Waals surface area contributed by atoms with Crippen LogP contribution in [0.5, 0.6) is 0 Å². The van der Waals surface area contributed by atoms with Crippen LogP contribution in [-0.2, 0) is 4.74 Å². The third kappa shape index (κ3) is 1.95. The Bertz CT molecular complexity index is 81.0. The van der Waals surface area contributed by atoms with Crippen molar-refractivity contribution >= 4 is 0 Å². The smallest absolute Gasteiger partial charge is 0.0614 e. The molecule has 1 aliphatic heterocycles. The maximum absolute atomic E-state index is 8.52. The van der Waals surface area contributed by atoms with Crippen LogP contribution in [0, 0.1) is 12.8 Å². The van der Waals surface area contributed by atoms with Crippen LogP contribution in [0.4, 0.5) is 0 Å². The molecule has 2 nitrogen and oxygen atoms in total. The van der Waals surface area contributed by atoms with Crippen molar-refractivity contribution in [2.24, 2.45) is 5.92 Å². The fourth-order valence-electron chi connectivity index (χ4n) is 1.11. The van der Waals surface area contributed by atoms with Crippen LogP contribution in [-0.4, -0.2) is 24.4 Å². The Morgan fingerprint density at radius 1 is 1.67 bits per heavy atom. The molecule has 1 aliphatic rings. The first-order chi connectivity index (χ1) is 4.33. The number of ether oxygens (including phenoxy) is 1. The van der Waals surface area contributed by atoms with Crippen molar-refractivity contribution in [3.63, 3.8) is 0 Å². The topological polar surface area (TPSA) is 29.5 Å². The van der Waals surface area contributed by atoms with Crippen molar-refractivity contribution in [2.45, 2.75) is 18.9 Å². The summed E-state index contributed by atoms with van der Waals surface area (Å²) in [5.41, 5.74) is 0. The van der Waals surface area contributed by atoms with Crippen molar-refractivity contribution in [1.29, 1.82) is 0 Å². The summed E-state index contributed by atoms with van der Waals surface area (Å²) in [6.45, 7) is 6.43. The van der Waals surface area contributed by atoms with Gasteiger partial charge in [-0.3, -0.25) is 0 Å². The molecule has 2 atom stereocenters. The van der Waals surface area contributed by atoms with Crippen molar-refractivity contribution in [2.75, 3.05) is 13.2 Å². The molecule has 0 aromatic heterocycles. The predicted octanol–water partition coefficient (Wildman–Crippen LogP) is 0.485. The van der Waals surface area contributed by atoms with E-state index < -0.39 is 0 Å². The van der Waals surface area contributed by atoms with Crippen molar-refractivity contribution < 1.29 is 9.84 Å². The van der Waals surface area contributed by atoms with E-state index >= 15 is 0 Å². The Balaban J connectivity index is 2.14. The van der Waals surface area contributed by atoms with Crippen LogP contribution in [0.25, 0.3) is 0 Å². The third-order valence-electron chi connectivity index (χ3n) is 1.65. The second-order valence-corrected chi connectivity index (χ2v) is 2.49. The van der Waals surface area contributed by atoms with Gasteiger partial charge in [-0.25, -0.2) is 0 Å². The zero-order valence-corrected chi connectivity index (χ0v) is 5.42. The first kappa shape index (κ1) is 7.03. The normalized spacial score (nSPS) is 35.3. The average Bonchev–Trinajstić information content (AvgIpc) is 2.17. The molecule has 1 saturated heterocycles. The van der Waals surface area contributed by atoms with Crippen molar-refractivity contribution in [1.82, 2.24) is 0 Å². The zero-order valence-electron chi connectivity index (χ0n) is 5.42. The monoisotopic (exact) mass is 128 g/mol. The molecule has 1 unspecified atom stereocenters. The number of aliphatic hydroxyl groups is 1. The van der Waals surface area contributed by atoms with Gasteiger partial charge in [-0.2, -0.15) is 0 Å². The summed E-state index contributed by atoms with van der Waals surface area (Å²) in [5, 5.41) is 8.52. The molecule has 1 heterocycles. The molecule has 1 rings (SSSR count). The maximum atomic E-state index is 8.52. The molecule has 2 radical (unpaired) electrons. The van der Waals surface area contributed by atoms with Crippen LogP contribution in [0.1, 0.15) is 12.8 Å². The van der Waals surface area contributed by atoms with Gasteiger partial charge < -0.3 is 9.84 Å².